The molecule has 0 radical (unpaired) electrons. The zero-order valence-electron chi connectivity index (χ0n) is 19.0. The van der Waals surface area contributed by atoms with Crippen molar-refractivity contribution in [2.24, 2.45) is 0 Å². The summed E-state index contributed by atoms with van der Waals surface area (Å²) in [6.45, 7) is 4.97. The van der Waals surface area contributed by atoms with Crippen molar-refractivity contribution in [1.29, 1.82) is 0 Å². The van der Waals surface area contributed by atoms with Gasteiger partial charge in [-0.2, -0.15) is 0 Å². The van der Waals surface area contributed by atoms with Gasteiger partial charge < -0.3 is 20.1 Å². The number of hydrogen-bond acceptors (Lipinski definition) is 5. The van der Waals surface area contributed by atoms with E-state index in [0.29, 0.717) is 11.3 Å². The van der Waals surface area contributed by atoms with Crippen molar-refractivity contribution < 1.29 is 14.6 Å². The predicted octanol–water partition coefficient (Wildman–Crippen LogP) is 4.43. The van der Waals surface area contributed by atoms with Gasteiger partial charge in [-0.3, -0.25) is 9.78 Å². The Morgan fingerprint density at radius 3 is 2.47 bits per heavy atom. The van der Waals surface area contributed by atoms with Crippen molar-refractivity contribution in [2.45, 2.75) is 32.2 Å². The smallest absolute Gasteiger partial charge is 0.252 e. The number of likely N-dealkylation sites (N-methyl/N-ethyl adjacent to an activating group) is 1. The monoisotopic (exact) mass is 431 g/mol. The van der Waals surface area contributed by atoms with Gasteiger partial charge in [0, 0.05) is 36.3 Å². The van der Waals surface area contributed by atoms with Gasteiger partial charge in [0.2, 0.25) is 0 Å². The van der Waals surface area contributed by atoms with Crippen molar-refractivity contribution in [3.05, 3.63) is 77.1 Å². The number of aromatic hydroxyl groups is 1. The number of hydrogen-bond donors (Lipinski definition) is 2. The summed E-state index contributed by atoms with van der Waals surface area (Å²) in [6.07, 6.45) is 5.84. The summed E-state index contributed by atoms with van der Waals surface area (Å²) in [5, 5.41) is 14.3. The first-order chi connectivity index (χ1) is 15.3. The highest BCUT2D eigenvalue weighted by Crippen LogP contribution is 2.49. The number of fused-ring (bicyclic) bond motifs is 1. The summed E-state index contributed by atoms with van der Waals surface area (Å²) in [5.41, 5.74) is 3.56. The summed E-state index contributed by atoms with van der Waals surface area (Å²) >= 11 is 0. The van der Waals surface area contributed by atoms with Crippen molar-refractivity contribution in [1.82, 2.24) is 15.2 Å². The molecule has 1 aliphatic heterocycles. The van der Waals surface area contributed by atoms with Crippen LogP contribution in [0.1, 0.15) is 40.0 Å². The average Bonchev–Trinajstić information content (AvgIpc) is 3.52. The molecule has 1 aromatic heterocycles. The van der Waals surface area contributed by atoms with E-state index in [1.807, 2.05) is 38.1 Å². The van der Waals surface area contributed by atoms with Gasteiger partial charge in [-0.25, -0.2) is 0 Å². The van der Waals surface area contributed by atoms with Gasteiger partial charge in [-0.15, -0.1) is 0 Å². The third-order valence-corrected chi connectivity index (χ3v) is 5.99. The Labute approximate surface area is 188 Å². The molecule has 1 amide bonds. The van der Waals surface area contributed by atoms with Gasteiger partial charge in [0.05, 0.1) is 18.2 Å². The molecule has 1 aliphatic carbocycles. The fraction of sp³-hybridized carbons (Fsp3) is 0.308. The van der Waals surface area contributed by atoms with Crippen LogP contribution in [0.5, 0.6) is 11.5 Å². The first-order valence-electron chi connectivity index (χ1n) is 10.8. The molecule has 0 bridgehead atoms. The number of aromatic nitrogens is 1. The van der Waals surface area contributed by atoms with Gasteiger partial charge in [-0.05, 0) is 74.4 Å². The van der Waals surface area contributed by atoms with Gasteiger partial charge in [0.25, 0.3) is 5.91 Å². The highest BCUT2D eigenvalue weighted by Gasteiger charge is 2.47. The normalized spacial score (nSPS) is 15.4. The first-order valence-corrected chi connectivity index (χ1v) is 10.8. The fourth-order valence-corrected chi connectivity index (χ4v) is 3.88. The number of nitrogens with one attached hydrogen (secondary N) is 1. The van der Waals surface area contributed by atoms with Crippen LogP contribution in [0, 0.1) is 13.8 Å². The zero-order chi connectivity index (χ0) is 22.9. The topological polar surface area (TPSA) is 74.7 Å². The highest BCUT2D eigenvalue weighted by atomic mass is 16.5. The van der Waals surface area contributed by atoms with Crippen LogP contribution in [0.25, 0.3) is 10.9 Å². The molecule has 0 atom stereocenters. The second-order valence-corrected chi connectivity index (χ2v) is 8.55. The maximum absolute atomic E-state index is 13.0. The van der Waals surface area contributed by atoms with E-state index in [0.717, 1.165) is 47.1 Å². The maximum atomic E-state index is 13.0. The second kappa shape index (κ2) is 8.54. The number of amides is 1. The summed E-state index contributed by atoms with van der Waals surface area (Å²) in [6, 6.07) is 12.8. The van der Waals surface area contributed by atoms with E-state index < -0.39 is 5.54 Å². The van der Waals surface area contributed by atoms with Crippen LogP contribution in [0.15, 0.2) is 54.7 Å². The van der Waals surface area contributed by atoms with Gasteiger partial charge >= 0.3 is 0 Å². The molecule has 166 valence electrons. The number of pyridine rings is 1. The minimum Gasteiger partial charge on any atom is -0.508 e. The largest absolute Gasteiger partial charge is 0.508 e. The lowest BCUT2D eigenvalue weighted by molar-refractivity contribution is 0.0930. The van der Waals surface area contributed by atoms with Gasteiger partial charge in [-0.1, -0.05) is 12.1 Å². The lowest BCUT2D eigenvalue weighted by Crippen LogP contribution is -2.35. The van der Waals surface area contributed by atoms with Gasteiger partial charge in [0.1, 0.15) is 11.5 Å². The van der Waals surface area contributed by atoms with E-state index in [2.05, 4.69) is 34.5 Å². The number of aryl methyl sites for hydroxylation is 2. The molecular weight excluding hydrogens is 402 g/mol. The summed E-state index contributed by atoms with van der Waals surface area (Å²) in [4.78, 5) is 19.6. The fourth-order valence-electron chi connectivity index (χ4n) is 3.88. The molecule has 2 heterocycles. The Hall–Kier alpha value is -3.54. The number of phenols is 1. The number of carbonyl (C=O) groups is 1. The number of carbonyl (C=O) groups excluding carboxylic acids is 1. The Bertz CT molecular complexity index is 1190. The Kier molecular flexibility index (Phi) is 5.78. The molecule has 0 spiro atoms. The van der Waals surface area contributed by atoms with Crippen LogP contribution in [-0.4, -0.2) is 41.6 Å². The number of rotatable bonds is 4. The lowest BCUT2D eigenvalue weighted by atomic mass is 9.97. The Morgan fingerprint density at radius 1 is 1.16 bits per heavy atom. The van der Waals surface area contributed by atoms with Crippen LogP contribution in [-0.2, 0) is 5.54 Å². The van der Waals surface area contributed by atoms with Crippen molar-refractivity contribution >= 4 is 16.8 Å². The van der Waals surface area contributed by atoms with E-state index >= 15 is 0 Å². The molecule has 6 nitrogen and oxygen atoms in total. The van der Waals surface area contributed by atoms with E-state index in [1.54, 1.807) is 25.3 Å². The number of phenolic OH excluding ortho intramolecular Hbond substituents is 1. The number of benzene rings is 2. The van der Waals surface area contributed by atoms with E-state index in [-0.39, 0.29) is 11.7 Å². The molecular formula is C26H29N3O3. The minimum absolute atomic E-state index is 0.138. The number of ether oxygens (including phenoxy) is 1. The zero-order valence-corrected chi connectivity index (χ0v) is 19.0. The predicted molar refractivity (Wildman–Crippen MR) is 126 cm³/mol. The minimum atomic E-state index is -0.472. The van der Waals surface area contributed by atoms with Crippen molar-refractivity contribution in [3.8, 4) is 11.5 Å². The standard InChI is InChI=1S/C22H22N2O3.C4H7N/c1-13-4-6-16(27-3)12-18(13)21(26)24-22(8-9-22)19-10-15(25)11-20-17(19)7-5-14(2)23-20;1-5-3-2-4-5/h4-7,10-12,25H,8-9H2,1-3H3,(H,24,26);2-3H,4H2,1H3. The molecule has 3 aromatic rings. The second-order valence-electron chi connectivity index (χ2n) is 8.55. The van der Waals surface area contributed by atoms with Gasteiger partial charge in [0.15, 0.2) is 0 Å². The molecule has 0 saturated heterocycles. The number of methoxy groups -OCH3 is 1. The average molecular weight is 432 g/mol. The van der Waals surface area contributed by atoms with Crippen LogP contribution in [0.4, 0.5) is 0 Å². The summed E-state index contributed by atoms with van der Waals surface area (Å²) < 4.78 is 5.25. The van der Waals surface area contributed by atoms with E-state index in [4.69, 9.17) is 4.74 Å². The maximum Gasteiger partial charge on any atom is 0.252 e. The van der Waals surface area contributed by atoms with Crippen LogP contribution in [0.2, 0.25) is 0 Å². The summed E-state index contributed by atoms with van der Waals surface area (Å²) in [7, 11) is 3.64. The molecule has 2 N–H and O–H groups in total. The highest BCUT2D eigenvalue weighted by molar-refractivity contribution is 5.97. The molecule has 2 aliphatic rings. The summed E-state index contributed by atoms with van der Waals surface area (Å²) in [5.74, 6) is 0.673. The molecule has 1 saturated carbocycles. The van der Waals surface area contributed by atoms with Crippen molar-refractivity contribution in [2.75, 3.05) is 20.7 Å². The van der Waals surface area contributed by atoms with Crippen LogP contribution >= 0.6 is 0 Å². The van der Waals surface area contributed by atoms with E-state index in [1.165, 1.54) is 0 Å². The molecule has 1 fully saturated rings. The molecule has 2 aromatic carbocycles. The quantitative estimate of drug-likeness (QED) is 0.639. The lowest BCUT2D eigenvalue weighted by Gasteiger charge is -2.21. The molecule has 0 unspecified atom stereocenters. The number of nitrogens with zero attached hydrogens (tertiary/aromatic N) is 2. The third-order valence-electron chi connectivity index (χ3n) is 5.99. The molecule has 6 heteroatoms. The molecule has 32 heavy (non-hydrogen) atoms. The van der Waals surface area contributed by atoms with E-state index in [9.17, 15) is 9.90 Å². The molecule has 5 rings (SSSR count). The first kappa shape index (κ1) is 21.7. The van der Waals surface area contributed by atoms with Crippen molar-refractivity contribution in [3.63, 3.8) is 0 Å². The Morgan fingerprint density at radius 2 is 1.88 bits per heavy atom. The third kappa shape index (κ3) is 4.40. The SMILES string of the molecule is CN1C=CC1.COc1ccc(C)c(C(=O)NC2(c3cc(O)cc4nc(C)ccc34)CC2)c1. The Balaban J connectivity index is 0.000000433. The van der Waals surface area contributed by atoms with Crippen LogP contribution < -0.4 is 10.1 Å². The van der Waals surface area contributed by atoms with Crippen LogP contribution in [0.3, 0.4) is 0 Å².